The highest BCUT2D eigenvalue weighted by Crippen LogP contribution is 2.27. The smallest absolute Gasteiger partial charge is 0.328 e. The fourth-order valence-corrected chi connectivity index (χ4v) is 6.55. The average molecular weight is 783 g/mol. The van der Waals surface area contributed by atoms with Crippen LogP contribution in [0.4, 0.5) is 5.69 Å². The highest BCUT2D eigenvalue weighted by atomic mass is 127. The summed E-state index contributed by atoms with van der Waals surface area (Å²) in [7, 11) is -2.95. The molecule has 2 N–H and O–H groups in total. The maximum absolute atomic E-state index is 13.3. The van der Waals surface area contributed by atoms with Gasteiger partial charge in [-0.1, -0.05) is 17.7 Å². The van der Waals surface area contributed by atoms with E-state index in [1.165, 1.54) is 31.6 Å². The van der Waals surface area contributed by atoms with Gasteiger partial charge in [-0.2, -0.15) is 12.8 Å². The van der Waals surface area contributed by atoms with Gasteiger partial charge in [-0.05, 0) is 98.7 Å². The summed E-state index contributed by atoms with van der Waals surface area (Å²) in [5.41, 5.74) is 0.826. The van der Waals surface area contributed by atoms with E-state index in [9.17, 15) is 18.0 Å². The molecule has 192 valence electrons. The molecule has 14 heteroatoms. The number of rotatable bonds is 8. The molecule has 0 unspecified atom stereocenters. The molecule has 0 fully saturated rings. The maximum Gasteiger partial charge on any atom is 0.328 e. The molecule has 0 saturated heterocycles. The second-order valence-electron chi connectivity index (χ2n) is 7.65. The predicted molar refractivity (Wildman–Crippen MR) is 159 cm³/mol. The molecule has 37 heavy (non-hydrogen) atoms. The first-order chi connectivity index (χ1) is 17.6. The van der Waals surface area contributed by atoms with Crippen LogP contribution < -0.4 is 10.0 Å². The summed E-state index contributed by atoms with van der Waals surface area (Å²) in [4.78, 5) is 29.8. The fourth-order valence-electron chi connectivity index (χ4n) is 3.45. The minimum atomic E-state index is -4.17. The Bertz CT molecular complexity index is 1610. The number of esters is 1. The Morgan fingerprint density at radius 2 is 1.95 bits per heavy atom. The number of nitrogens with zero attached hydrogens (tertiary/aromatic N) is 2. The zero-order valence-corrected chi connectivity index (χ0v) is 25.6. The number of amides is 1. The number of carbonyl (C=O) groups is 2. The molecule has 0 aliphatic rings. The molecule has 2 aromatic carbocycles. The lowest BCUT2D eigenvalue weighted by Gasteiger charge is -2.19. The Morgan fingerprint density at radius 3 is 2.68 bits per heavy atom. The summed E-state index contributed by atoms with van der Waals surface area (Å²) in [6.45, 7) is 0. The number of aromatic nitrogens is 2. The molecule has 1 atom stereocenters. The quantitative estimate of drug-likeness (QED) is 0.193. The van der Waals surface area contributed by atoms with Crippen molar-refractivity contribution in [2.75, 3.05) is 11.8 Å². The van der Waals surface area contributed by atoms with E-state index in [1.807, 2.05) is 28.7 Å². The molecule has 0 radical (unpaired) electrons. The maximum atomic E-state index is 13.3. The van der Waals surface area contributed by atoms with Crippen LogP contribution in [0.1, 0.15) is 15.9 Å². The summed E-state index contributed by atoms with van der Waals surface area (Å²) >= 11 is 11.3. The molecule has 0 aliphatic heterocycles. The van der Waals surface area contributed by atoms with Crippen molar-refractivity contribution in [2.45, 2.75) is 17.5 Å². The van der Waals surface area contributed by atoms with Crippen LogP contribution in [0.5, 0.6) is 0 Å². The van der Waals surface area contributed by atoms with Crippen LogP contribution in [0.25, 0.3) is 10.1 Å². The van der Waals surface area contributed by atoms with E-state index >= 15 is 0 Å². The predicted octanol–water partition coefficient (Wildman–Crippen LogP) is 4.87. The van der Waals surface area contributed by atoms with Crippen molar-refractivity contribution in [3.05, 3.63) is 78.1 Å². The van der Waals surface area contributed by atoms with Gasteiger partial charge in [0.25, 0.3) is 15.9 Å². The normalized spacial score (nSPS) is 12.2. The summed E-state index contributed by atoms with van der Waals surface area (Å²) in [5, 5.41) is 3.41. The third kappa shape index (κ3) is 6.50. The van der Waals surface area contributed by atoms with Gasteiger partial charge >= 0.3 is 5.97 Å². The third-order valence-corrected chi connectivity index (χ3v) is 9.48. The number of anilines is 1. The number of nitrogens with one attached hydrogen (secondary N) is 2. The Morgan fingerprint density at radius 1 is 1.16 bits per heavy atom. The van der Waals surface area contributed by atoms with Crippen molar-refractivity contribution in [1.82, 2.24) is 14.7 Å². The van der Waals surface area contributed by atoms with Crippen LogP contribution in [0.3, 0.4) is 0 Å². The highest BCUT2D eigenvalue weighted by molar-refractivity contribution is 14.1. The van der Waals surface area contributed by atoms with Gasteiger partial charge in [0.1, 0.15) is 6.04 Å². The average Bonchev–Trinajstić information content (AvgIpc) is 3.34. The van der Waals surface area contributed by atoms with Gasteiger partial charge < -0.3 is 10.1 Å². The molecule has 1 amide bonds. The minimum Gasteiger partial charge on any atom is -0.467 e. The molecule has 4 aromatic rings. The van der Waals surface area contributed by atoms with Crippen LogP contribution in [0, 0.1) is 7.14 Å². The van der Waals surface area contributed by atoms with Gasteiger partial charge in [-0.15, -0.1) is 0 Å². The summed E-state index contributed by atoms with van der Waals surface area (Å²) in [6.07, 6.45) is 2.97. The first-order valence-electron chi connectivity index (χ1n) is 10.4. The number of fused-ring (bicyclic) bond motifs is 1. The zero-order chi connectivity index (χ0) is 26.7. The second kappa shape index (κ2) is 11.8. The summed E-state index contributed by atoms with van der Waals surface area (Å²) in [6, 6.07) is 10.6. The van der Waals surface area contributed by atoms with E-state index < -0.39 is 27.9 Å². The Hall–Kier alpha value is -2.08. The number of hydrogen-bond acceptors (Lipinski definition) is 8. The number of pyridine rings is 1. The Balaban J connectivity index is 1.63. The van der Waals surface area contributed by atoms with Gasteiger partial charge in [-0.3, -0.25) is 9.52 Å². The lowest BCUT2D eigenvalue weighted by atomic mass is 10.0. The third-order valence-electron chi connectivity index (χ3n) is 5.19. The SMILES string of the molecule is COC(=O)[C@H](Cc1ccc(Cl)c(I)c1)NC(=O)c1ccc(I)cc1NS(=O)(=O)c1nccc2sncc12. The van der Waals surface area contributed by atoms with E-state index in [1.54, 1.807) is 24.3 Å². The molecular weight excluding hydrogens is 766 g/mol. The van der Waals surface area contributed by atoms with Gasteiger partial charge in [-0.25, -0.2) is 9.78 Å². The van der Waals surface area contributed by atoms with E-state index in [4.69, 9.17) is 16.3 Å². The van der Waals surface area contributed by atoms with Gasteiger partial charge in [0.05, 0.1) is 39.7 Å². The number of hydrogen-bond donors (Lipinski definition) is 2. The van der Waals surface area contributed by atoms with E-state index in [0.29, 0.717) is 18.7 Å². The Kier molecular flexibility index (Phi) is 8.88. The molecule has 4 rings (SSSR count). The molecule has 0 spiro atoms. The van der Waals surface area contributed by atoms with Crippen LogP contribution in [-0.2, 0) is 26.0 Å². The first-order valence-corrected chi connectivity index (χ1v) is 15.2. The molecule has 0 bridgehead atoms. The van der Waals surface area contributed by atoms with Crippen LogP contribution >= 0.6 is 68.3 Å². The zero-order valence-electron chi connectivity index (χ0n) is 18.9. The van der Waals surface area contributed by atoms with Gasteiger partial charge in [0.2, 0.25) is 0 Å². The van der Waals surface area contributed by atoms with Gasteiger partial charge in [0.15, 0.2) is 5.03 Å². The summed E-state index contributed by atoms with van der Waals surface area (Å²) < 4.78 is 40.1. The number of ether oxygens (including phenoxy) is 1. The number of sulfonamides is 1. The van der Waals surface area contributed by atoms with E-state index in [2.05, 4.69) is 42.0 Å². The van der Waals surface area contributed by atoms with E-state index in [0.717, 1.165) is 20.7 Å². The van der Waals surface area contributed by atoms with Crippen LogP contribution in [-0.4, -0.2) is 42.8 Å². The molecule has 2 heterocycles. The summed E-state index contributed by atoms with van der Waals surface area (Å²) in [5.74, 6) is -1.30. The Labute approximate surface area is 248 Å². The van der Waals surface area contributed by atoms with Crippen molar-refractivity contribution in [3.63, 3.8) is 0 Å². The second-order valence-corrected chi connectivity index (χ2v) is 12.9. The van der Waals surface area contributed by atoms with Crippen molar-refractivity contribution in [1.29, 1.82) is 0 Å². The van der Waals surface area contributed by atoms with E-state index in [-0.39, 0.29) is 22.7 Å². The van der Waals surface area contributed by atoms with Crippen LogP contribution in [0.2, 0.25) is 5.02 Å². The topological polar surface area (TPSA) is 127 Å². The number of carbonyl (C=O) groups excluding carboxylic acids is 2. The number of methoxy groups -OCH3 is 1. The highest BCUT2D eigenvalue weighted by Gasteiger charge is 2.27. The molecule has 0 saturated carbocycles. The number of halogens is 3. The molecule has 2 aromatic heterocycles. The minimum absolute atomic E-state index is 0.0270. The van der Waals surface area contributed by atoms with Gasteiger partial charge in [0, 0.05) is 19.8 Å². The van der Waals surface area contributed by atoms with Crippen molar-refractivity contribution in [2.24, 2.45) is 0 Å². The first kappa shape index (κ1) is 27.9. The van der Waals surface area contributed by atoms with Crippen molar-refractivity contribution in [3.8, 4) is 0 Å². The largest absolute Gasteiger partial charge is 0.467 e. The number of benzene rings is 2. The standard InChI is InChI=1S/C23H17ClI2N4O5S2/c1-35-23(32)19(9-12-2-5-16(24)17(26)8-12)29-21(31)14-4-3-13(25)10-18(14)30-37(33,34)22-15-11-28-36-20(15)6-7-27-22/h2-8,10-11,19,30H,9H2,1H3,(H,29,31)/t19-/m0/s1. The lowest BCUT2D eigenvalue weighted by molar-refractivity contribution is -0.142. The molecule has 9 nitrogen and oxygen atoms in total. The van der Waals surface area contributed by atoms with Crippen LogP contribution in [0.15, 0.2) is 59.9 Å². The molecule has 0 aliphatic carbocycles. The lowest BCUT2D eigenvalue weighted by Crippen LogP contribution is -2.43. The van der Waals surface area contributed by atoms with Crippen molar-refractivity contribution >= 4 is 106 Å². The fraction of sp³-hybridized carbons (Fsp3) is 0.130. The molecular formula is C23H17ClI2N4O5S2. The van der Waals surface area contributed by atoms with Crippen molar-refractivity contribution < 1.29 is 22.7 Å². The monoisotopic (exact) mass is 782 g/mol.